The van der Waals surface area contributed by atoms with E-state index >= 15 is 0 Å². The second-order valence-corrected chi connectivity index (χ2v) is 25.7. The Morgan fingerprint density at radius 2 is 0.809 bits per heavy atom. The molecule has 17 atom stereocenters. The van der Waals surface area contributed by atoms with Crippen LogP contribution in [0.2, 0.25) is 0 Å². The third kappa shape index (κ3) is 31.8. The lowest BCUT2D eigenvalue weighted by atomic mass is 9.97. The quantitative estimate of drug-likeness (QED) is 0.0202. The van der Waals surface area contributed by atoms with Crippen molar-refractivity contribution in [2.24, 2.45) is 0 Å². The van der Waals surface area contributed by atoms with Crippen molar-refractivity contribution < 1.29 is 132 Å². The van der Waals surface area contributed by atoms with E-state index in [9.17, 15) is 98.9 Å². The highest BCUT2D eigenvalue weighted by Gasteiger charge is 2.48. The first-order valence-electron chi connectivity index (χ1n) is 32.4. The standard InChI is InChI=1S/C59H106N7O27P/c1-36(70)62-48-54(82)51(79)41(32-67)91-57(48)87-28-12-8-18-39(73)17-7-11-24-65(47(78)22-10-14-30-89-59-50(64-38(3)72)56(84)53(81)43(34-69)93-59)26-16-27-66(46(77)21-6-5-19-45(76)61-31-40(74)35-90-94(4,85)86)25-15-23-60-44(75)20-9-13-29-88-58-49(63-37(2)71)55(83)52(80)42(33-68)92-58/h40-43,48-59,67-69,74,79-84H,5-35H2,1-4H3,(H,60,75)(H,61,76)(H,62,70)(H,63,71)(H,64,72)(H,85,86)/t40?,41?,42?,43?,48?,49?,50?,51-,52-,53-,54+,55+,56+,57+,58+,59+/m0/s1. The molecule has 3 aliphatic rings. The lowest BCUT2D eigenvalue weighted by Crippen LogP contribution is -2.64. The van der Waals surface area contributed by atoms with Crippen LogP contribution >= 0.6 is 7.60 Å². The average Bonchev–Trinajstić information content (AvgIpc) is 0.839. The molecule has 3 fully saturated rings. The molecule has 34 nitrogen and oxygen atoms in total. The lowest BCUT2D eigenvalue weighted by Gasteiger charge is -2.42. The number of nitrogens with zero attached hydrogens (tertiary/aromatic N) is 2. The van der Waals surface area contributed by atoms with E-state index in [1.54, 1.807) is 9.80 Å². The molecule has 0 bridgehead atoms. The summed E-state index contributed by atoms with van der Waals surface area (Å²) in [7, 11) is -3.84. The molecule has 35 heteroatoms. The van der Waals surface area contributed by atoms with Gasteiger partial charge in [-0.3, -0.25) is 42.9 Å². The van der Waals surface area contributed by atoms with E-state index in [4.69, 9.17) is 32.9 Å². The summed E-state index contributed by atoms with van der Waals surface area (Å²) in [4.78, 5) is 114. The Morgan fingerprint density at radius 1 is 0.468 bits per heavy atom. The maximum Gasteiger partial charge on any atom is 0.325 e. The van der Waals surface area contributed by atoms with Gasteiger partial charge in [0.2, 0.25) is 41.4 Å². The predicted octanol–water partition coefficient (Wildman–Crippen LogP) is -4.46. The van der Waals surface area contributed by atoms with Crippen LogP contribution in [0.25, 0.3) is 0 Å². The van der Waals surface area contributed by atoms with Crippen LogP contribution in [0.5, 0.6) is 0 Å². The summed E-state index contributed by atoms with van der Waals surface area (Å²) in [6, 6.07) is -3.39. The van der Waals surface area contributed by atoms with Crippen LogP contribution in [0.4, 0.5) is 0 Å². The largest absolute Gasteiger partial charge is 0.394 e. The van der Waals surface area contributed by atoms with Gasteiger partial charge in [0.05, 0.1) is 32.5 Å². The normalized spacial score (nSPS) is 27.1. The van der Waals surface area contributed by atoms with E-state index in [-0.39, 0.29) is 121 Å². The van der Waals surface area contributed by atoms with Gasteiger partial charge in [0, 0.05) is 125 Å². The first kappa shape index (κ1) is 83.7. The molecule has 8 unspecified atom stereocenters. The van der Waals surface area contributed by atoms with Crippen LogP contribution in [0.3, 0.4) is 0 Å². The molecule has 3 aliphatic heterocycles. The number of ether oxygens (including phenoxy) is 6. The van der Waals surface area contributed by atoms with Crippen molar-refractivity contribution >= 4 is 54.7 Å². The summed E-state index contributed by atoms with van der Waals surface area (Å²) in [5.41, 5.74) is 0. The first-order valence-corrected chi connectivity index (χ1v) is 34.4. The second-order valence-electron chi connectivity index (χ2n) is 23.9. The Bertz CT molecular complexity index is 2330. The van der Waals surface area contributed by atoms with Crippen LogP contribution in [0, 0.1) is 0 Å². The van der Waals surface area contributed by atoms with Crippen LogP contribution in [0.1, 0.15) is 136 Å². The Kier molecular flexibility index (Phi) is 40.2. The van der Waals surface area contributed by atoms with Crippen molar-refractivity contribution in [2.45, 2.75) is 234 Å². The van der Waals surface area contributed by atoms with Gasteiger partial charge < -0.3 is 125 Å². The number of carbonyl (C=O) groups excluding carboxylic acids is 8. The van der Waals surface area contributed by atoms with E-state index in [0.29, 0.717) is 77.0 Å². The van der Waals surface area contributed by atoms with Gasteiger partial charge >= 0.3 is 7.60 Å². The van der Waals surface area contributed by atoms with Crippen molar-refractivity contribution in [3.05, 3.63) is 0 Å². The zero-order valence-corrected chi connectivity index (χ0v) is 55.3. The highest BCUT2D eigenvalue weighted by molar-refractivity contribution is 7.51. The number of amides is 7. The van der Waals surface area contributed by atoms with Gasteiger partial charge in [0.15, 0.2) is 18.9 Å². The van der Waals surface area contributed by atoms with E-state index in [1.807, 2.05) is 0 Å². The fraction of sp³-hybridized carbons (Fsp3) is 0.864. The van der Waals surface area contributed by atoms with Crippen LogP contribution < -0.4 is 26.6 Å². The molecular weight excluding hydrogens is 1270 g/mol. The van der Waals surface area contributed by atoms with Gasteiger partial charge in [-0.15, -0.1) is 0 Å². The maximum absolute atomic E-state index is 14.0. The van der Waals surface area contributed by atoms with Crippen LogP contribution in [-0.4, -0.2) is 303 Å². The molecule has 544 valence electrons. The topological polar surface area (TPSA) is 507 Å². The number of hydrogen-bond donors (Lipinski definition) is 16. The zero-order chi connectivity index (χ0) is 69.9. The number of ketones is 1. The lowest BCUT2D eigenvalue weighted by molar-refractivity contribution is -0.270. The average molecular weight is 1380 g/mol. The molecule has 94 heavy (non-hydrogen) atoms. The smallest absolute Gasteiger partial charge is 0.325 e. The second kappa shape index (κ2) is 45.1. The predicted molar refractivity (Wildman–Crippen MR) is 329 cm³/mol. The molecule has 0 radical (unpaired) electrons. The van der Waals surface area contributed by atoms with Crippen LogP contribution in [-0.2, 0) is 75.9 Å². The highest BCUT2D eigenvalue weighted by atomic mass is 31.2. The molecule has 3 saturated heterocycles. The molecule has 3 rings (SSSR count). The molecular formula is C59H106N7O27P. The van der Waals surface area contributed by atoms with Crippen LogP contribution in [0.15, 0.2) is 0 Å². The van der Waals surface area contributed by atoms with Crippen molar-refractivity contribution in [2.75, 3.05) is 92.2 Å². The van der Waals surface area contributed by atoms with Gasteiger partial charge in [0.25, 0.3) is 0 Å². The Hall–Kier alpha value is -4.53. The van der Waals surface area contributed by atoms with E-state index in [1.165, 1.54) is 20.8 Å². The number of hydrogen-bond acceptors (Lipinski definition) is 26. The molecule has 0 aromatic carbocycles. The highest BCUT2D eigenvalue weighted by Crippen LogP contribution is 2.36. The molecule has 0 saturated carbocycles. The number of aliphatic hydroxyl groups is 10. The van der Waals surface area contributed by atoms with Gasteiger partial charge in [-0.1, -0.05) is 0 Å². The third-order valence-corrected chi connectivity index (χ3v) is 16.4. The Morgan fingerprint density at radius 3 is 1.20 bits per heavy atom. The molecule has 0 aromatic heterocycles. The monoisotopic (exact) mass is 1380 g/mol. The first-order chi connectivity index (χ1) is 44.6. The van der Waals surface area contributed by atoms with Gasteiger partial charge in [-0.25, -0.2) is 0 Å². The number of nitrogens with one attached hydrogen (secondary N) is 5. The van der Waals surface area contributed by atoms with Gasteiger partial charge in [-0.2, -0.15) is 0 Å². The number of unbranched alkanes of at least 4 members (excludes halogenated alkanes) is 5. The molecule has 0 aromatic rings. The fourth-order valence-corrected chi connectivity index (χ4v) is 11.1. The summed E-state index contributed by atoms with van der Waals surface area (Å²) >= 11 is 0. The number of aliphatic hydroxyl groups excluding tert-OH is 10. The number of carbonyl (C=O) groups is 8. The summed E-state index contributed by atoms with van der Waals surface area (Å²) in [5.74, 6) is -2.79. The molecule has 7 amide bonds. The summed E-state index contributed by atoms with van der Waals surface area (Å²) < 4.78 is 50.2. The van der Waals surface area contributed by atoms with Crippen molar-refractivity contribution in [3.8, 4) is 0 Å². The minimum atomic E-state index is -3.84. The van der Waals surface area contributed by atoms with Crippen molar-refractivity contribution in [1.82, 2.24) is 36.4 Å². The minimum absolute atomic E-state index is 0.00297. The third-order valence-electron chi connectivity index (χ3n) is 15.7. The van der Waals surface area contributed by atoms with Gasteiger partial charge in [0.1, 0.15) is 78.8 Å². The van der Waals surface area contributed by atoms with Gasteiger partial charge in [-0.05, 0) is 77.0 Å². The Balaban J connectivity index is 1.63. The SMILES string of the molecule is CC(=O)NC1[C@H](OCCCCC(=O)CCCCN(CCCN(CCCNC(=O)CCCCO[C@@H]2OC(CO)[C@H](O)[C@H](O)C2NC(C)=O)C(=O)CCCCC(=O)NCC(O)COP(C)(=O)O)C(=O)CCCCO[C@@H]2OC(CO)[C@H](O)[C@H](O)C2NC(C)=O)OC(CO)[C@H](O)[C@@H]1O. The summed E-state index contributed by atoms with van der Waals surface area (Å²) in [6.45, 7) is 3.19. The molecule has 0 spiro atoms. The summed E-state index contributed by atoms with van der Waals surface area (Å²) in [5, 5.41) is 115. The molecule has 0 aliphatic carbocycles. The van der Waals surface area contributed by atoms with Crippen molar-refractivity contribution in [1.29, 1.82) is 0 Å². The maximum atomic E-state index is 14.0. The van der Waals surface area contributed by atoms with E-state index in [0.717, 1.165) is 6.66 Å². The van der Waals surface area contributed by atoms with E-state index in [2.05, 4.69) is 26.6 Å². The number of Topliss-reactive ketones (excluding diaryl/α,β-unsaturated/α-hetero) is 1. The van der Waals surface area contributed by atoms with E-state index < -0.39 is 156 Å². The minimum Gasteiger partial charge on any atom is -0.394 e. The van der Waals surface area contributed by atoms with Crippen molar-refractivity contribution in [3.63, 3.8) is 0 Å². The number of rotatable bonds is 47. The molecule has 3 heterocycles. The fourth-order valence-electron chi connectivity index (χ4n) is 10.6. The Labute approximate surface area is 547 Å². The zero-order valence-electron chi connectivity index (χ0n) is 54.5. The summed E-state index contributed by atoms with van der Waals surface area (Å²) in [6.07, 6.45) is -12.4. The molecule has 16 N–H and O–H groups in total.